The lowest BCUT2D eigenvalue weighted by atomic mass is 9.87. The number of carboxylic acids is 1. The van der Waals surface area contributed by atoms with Crippen LogP contribution < -0.4 is 4.72 Å². The lowest BCUT2D eigenvalue weighted by molar-refractivity contribution is -0.142. The van der Waals surface area contributed by atoms with Crippen LogP contribution in [0, 0.1) is 5.92 Å². The second-order valence-electron chi connectivity index (χ2n) is 5.73. The van der Waals surface area contributed by atoms with Crippen molar-refractivity contribution in [3.8, 4) is 0 Å². The third kappa shape index (κ3) is 3.00. The van der Waals surface area contributed by atoms with Gasteiger partial charge in [-0.05, 0) is 49.9 Å². The number of benzene rings is 1. The molecule has 22 heavy (non-hydrogen) atoms. The van der Waals surface area contributed by atoms with Gasteiger partial charge in [0.05, 0.1) is 10.8 Å². The molecule has 1 heterocycles. The Labute approximate surface area is 128 Å². The monoisotopic (exact) mass is 322 g/mol. The Morgan fingerprint density at radius 3 is 2.59 bits per heavy atom. The number of carboxylic acid groups (broad SMARTS) is 1. The first kappa shape index (κ1) is 15.1. The van der Waals surface area contributed by atoms with Gasteiger partial charge in [-0.3, -0.25) is 4.79 Å². The van der Waals surface area contributed by atoms with Gasteiger partial charge in [-0.15, -0.1) is 0 Å². The van der Waals surface area contributed by atoms with E-state index in [2.05, 4.69) is 9.71 Å². The lowest BCUT2D eigenvalue weighted by Gasteiger charge is -2.26. The molecule has 1 aliphatic rings. The number of hydrogen-bond donors (Lipinski definition) is 3. The number of aromatic nitrogens is 1. The van der Waals surface area contributed by atoms with Crippen molar-refractivity contribution in [2.45, 2.75) is 36.6 Å². The van der Waals surface area contributed by atoms with Crippen molar-refractivity contribution in [2.24, 2.45) is 5.92 Å². The quantitative estimate of drug-likeness (QED) is 0.802. The minimum absolute atomic E-state index is 0.192. The number of carbonyl (C=O) groups is 1. The summed E-state index contributed by atoms with van der Waals surface area (Å²) in [6.07, 6.45) is 3.91. The molecule has 1 aliphatic carbocycles. The smallest absolute Gasteiger partial charge is 0.306 e. The van der Waals surface area contributed by atoms with E-state index < -0.39 is 16.0 Å². The zero-order chi connectivity index (χ0) is 15.7. The molecule has 0 saturated heterocycles. The molecule has 0 aliphatic heterocycles. The van der Waals surface area contributed by atoms with Crippen molar-refractivity contribution >= 4 is 26.9 Å². The van der Waals surface area contributed by atoms with Crippen molar-refractivity contribution in [3.05, 3.63) is 30.5 Å². The van der Waals surface area contributed by atoms with E-state index in [-0.39, 0.29) is 16.9 Å². The van der Waals surface area contributed by atoms with E-state index in [4.69, 9.17) is 5.11 Å². The predicted octanol–water partition coefficient (Wildman–Crippen LogP) is 2.09. The van der Waals surface area contributed by atoms with Gasteiger partial charge in [0.25, 0.3) is 0 Å². The third-order valence-corrected chi connectivity index (χ3v) is 5.75. The van der Waals surface area contributed by atoms with Crippen LogP contribution in [0.3, 0.4) is 0 Å². The molecule has 3 N–H and O–H groups in total. The molecule has 6 nitrogen and oxygen atoms in total. The van der Waals surface area contributed by atoms with Crippen LogP contribution in [0.15, 0.2) is 35.4 Å². The fraction of sp³-hybridized carbons (Fsp3) is 0.400. The van der Waals surface area contributed by atoms with E-state index in [1.807, 2.05) is 6.07 Å². The van der Waals surface area contributed by atoms with Gasteiger partial charge in [0.15, 0.2) is 0 Å². The predicted molar refractivity (Wildman–Crippen MR) is 82.0 cm³/mol. The number of aromatic amines is 1. The van der Waals surface area contributed by atoms with E-state index >= 15 is 0 Å². The maximum absolute atomic E-state index is 12.4. The van der Waals surface area contributed by atoms with Crippen LogP contribution >= 0.6 is 0 Å². The van der Waals surface area contributed by atoms with E-state index in [1.54, 1.807) is 24.4 Å². The van der Waals surface area contributed by atoms with E-state index in [0.717, 1.165) is 10.9 Å². The molecule has 118 valence electrons. The zero-order valence-electron chi connectivity index (χ0n) is 12.0. The average Bonchev–Trinajstić information content (AvgIpc) is 2.94. The molecular weight excluding hydrogens is 304 g/mol. The van der Waals surface area contributed by atoms with E-state index in [9.17, 15) is 13.2 Å². The van der Waals surface area contributed by atoms with E-state index in [0.29, 0.717) is 25.7 Å². The first-order valence-corrected chi connectivity index (χ1v) is 8.76. The second kappa shape index (κ2) is 5.73. The largest absolute Gasteiger partial charge is 0.481 e. The highest BCUT2D eigenvalue weighted by molar-refractivity contribution is 7.89. The van der Waals surface area contributed by atoms with Crippen molar-refractivity contribution in [1.29, 1.82) is 0 Å². The van der Waals surface area contributed by atoms with Crippen LogP contribution in [0.2, 0.25) is 0 Å². The topological polar surface area (TPSA) is 99.3 Å². The molecule has 0 radical (unpaired) electrons. The Kier molecular flexibility index (Phi) is 3.92. The minimum atomic E-state index is -3.58. The summed E-state index contributed by atoms with van der Waals surface area (Å²) in [5.74, 6) is -1.14. The molecule has 1 fully saturated rings. The zero-order valence-corrected chi connectivity index (χ0v) is 12.8. The number of aliphatic carboxylic acids is 1. The number of nitrogens with one attached hydrogen (secondary N) is 2. The summed E-state index contributed by atoms with van der Waals surface area (Å²) in [6, 6.07) is 6.58. The van der Waals surface area contributed by atoms with Gasteiger partial charge in [-0.25, -0.2) is 13.1 Å². The molecule has 0 bridgehead atoms. The summed E-state index contributed by atoms with van der Waals surface area (Å²) < 4.78 is 27.6. The Bertz CT molecular complexity index is 789. The van der Waals surface area contributed by atoms with Gasteiger partial charge in [-0.1, -0.05) is 0 Å². The third-order valence-electron chi connectivity index (χ3n) is 4.23. The standard InChI is InChI=1S/C15H18N2O4S/c18-15(19)10-1-3-12(4-2-10)17-22(20,21)13-5-6-14-11(9-13)7-8-16-14/h5-10,12,16-17H,1-4H2,(H,18,19)/t10-,12-. The first-order chi connectivity index (χ1) is 10.5. The average molecular weight is 322 g/mol. The molecule has 1 saturated carbocycles. The Balaban J connectivity index is 1.72. The number of rotatable bonds is 4. The van der Waals surface area contributed by atoms with Gasteiger partial charge in [0, 0.05) is 23.1 Å². The lowest BCUT2D eigenvalue weighted by Crippen LogP contribution is -2.38. The molecule has 1 aromatic heterocycles. The first-order valence-electron chi connectivity index (χ1n) is 7.28. The SMILES string of the molecule is O=C(O)[C@H]1CC[C@H](NS(=O)(=O)c2ccc3[nH]ccc3c2)CC1. The number of fused-ring (bicyclic) bond motifs is 1. The number of sulfonamides is 1. The highest BCUT2D eigenvalue weighted by atomic mass is 32.2. The highest BCUT2D eigenvalue weighted by Gasteiger charge is 2.28. The molecule has 2 aromatic rings. The van der Waals surface area contributed by atoms with E-state index in [1.165, 1.54) is 0 Å². The Hall–Kier alpha value is -1.86. The van der Waals surface area contributed by atoms with Gasteiger partial charge in [0.1, 0.15) is 0 Å². The van der Waals surface area contributed by atoms with Gasteiger partial charge < -0.3 is 10.1 Å². The summed E-state index contributed by atoms with van der Waals surface area (Å²) in [7, 11) is -3.58. The highest BCUT2D eigenvalue weighted by Crippen LogP contribution is 2.26. The van der Waals surface area contributed by atoms with Crippen molar-refractivity contribution < 1.29 is 18.3 Å². The van der Waals surface area contributed by atoms with Gasteiger partial charge >= 0.3 is 5.97 Å². The van der Waals surface area contributed by atoms with Crippen molar-refractivity contribution in [3.63, 3.8) is 0 Å². The fourth-order valence-corrected chi connectivity index (χ4v) is 4.28. The summed E-state index contributed by atoms with van der Waals surface area (Å²) in [5, 5.41) is 9.82. The fourth-order valence-electron chi connectivity index (χ4n) is 2.94. The summed E-state index contributed by atoms with van der Waals surface area (Å²) in [4.78, 5) is 14.2. The Morgan fingerprint density at radius 2 is 1.91 bits per heavy atom. The van der Waals surface area contributed by atoms with Crippen LogP contribution in [-0.4, -0.2) is 30.5 Å². The minimum Gasteiger partial charge on any atom is -0.481 e. The molecule has 0 amide bonds. The van der Waals surface area contributed by atoms with Crippen LogP contribution in [-0.2, 0) is 14.8 Å². The van der Waals surface area contributed by atoms with Crippen molar-refractivity contribution in [2.75, 3.05) is 0 Å². The molecule has 0 atom stereocenters. The molecule has 0 unspecified atom stereocenters. The Morgan fingerprint density at radius 1 is 1.18 bits per heavy atom. The van der Waals surface area contributed by atoms with Crippen LogP contribution in [0.1, 0.15) is 25.7 Å². The molecule has 0 spiro atoms. The summed E-state index contributed by atoms with van der Waals surface area (Å²) in [5.41, 5.74) is 0.890. The normalized spacial score (nSPS) is 22.7. The molecule has 3 rings (SSSR count). The van der Waals surface area contributed by atoms with Gasteiger partial charge in [0.2, 0.25) is 10.0 Å². The number of hydrogen-bond acceptors (Lipinski definition) is 3. The maximum Gasteiger partial charge on any atom is 0.306 e. The van der Waals surface area contributed by atoms with Crippen molar-refractivity contribution in [1.82, 2.24) is 9.71 Å². The number of H-pyrrole nitrogens is 1. The van der Waals surface area contributed by atoms with Crippen LogP contribution in [0.4, 0.5) is 0 Å². The molecule has 7 heteroatoms. The summed E-state index contributed by atoms with van der Waals surface area (Å²) in [6.45, 7) is 0. The second-order valence-corrected chi connectivity index (χ2v) is 7.45. The van der Waals surface area contributed by atoms with Gasteiger partial charge in [-0.2, -0.15) is 0 Å². The maximum atomic E-state index is 12.4. The van der Waals surface area contributed by atoms with Crippen LogP contribution in [0.25, 0.3) is 10.9 Å². The van der Waals surface area contributed by atoms with Crippen LogP contribution in [0.5, 0.6) is 0 Å². The molecular formula is C15H18N2O4S. The molecule has 1 aromatic carbocycles. The summed E-state index contributed by atoms with van der Waals surface area (Å²) >= 11 is 0.